The Balaban J connectivity index is 0.000000748. The zero-order chi connectivity index (χ0) is 30.4. The molecule has 9 nitrogen and oxygen atoms in total. The van der Waals surface area contributed by atoms with Gasteiger partial charge in [0.25, 0.3) is 5.01 Å². The molecule has 12 heteroatoms. The number of Topliss-reactive ketones (excluding diaryl/α,β-unsaturated/α-hetero) is 1. The van der Waals surface area contributed by atoms with Gasteiger partial charge in [0.2, 0.25) is 5.52 Å². The van der Waals surface area contributed by atoms with Crippen LogP contribution in [0.15, 0.2) is 107 Å². The number of benzene rings is 3. The lowest BCUT2D eigenvalue weighted by molar-refractivity contribution is -2.00. The molecule has 216 valence electrons. The van der Waals surface area contributed by atoms with Gasteiger partial charge in [0, 0.05) is 36.6 Å². The number of aryl methyl sites for hydroxylation is 1. The number of allylic oxidation sites excluding steroid dienone is 4. The third-order valence-corrected chi connectivity index (χ3v) is 8.37. The Morgan fingerprint density at radius 1 is 0.952 bits per heavy atom. The fourth-order valence-corrected chi connectivity index (χ4v) is 6.22. The predicted molar refractivity (Wildman–Crippen MR) is 151 cm³/mol. The Morgan fingerprint density at radius 3 is 2.29 bits per heavy atom. The molecule has 0 saturated heterocycles. The lowest BCUT2D eigenvalue weighted by atomic mass is 10.0. The monoisotopic (exact) mass is 624 g/mol. The molecule has 0 unspecified atom stereocenters. The zero-order valence-electron chi connectivity index (χ0n) is 22.7. The van der Waals surface area contributed by atoms with Crippen molar-refractivity contribution in [1.82, 2.24) is 0 Å². The van der Waals surface area contributed by atoms with Crippen molar-refractivity contribution in [3.05, 3.63) is 112 Å². The molecule has 0 amide bonds. The lowest BCUT2D eigenvalue weighted by Gasteiger charge is -2.17. The van der Waals surface area contributed by atoms with Crippen molar-refractivity contribution in [2.24, 2.45) is 7.05 Å². The van der Waals surface area contributed by atoms with Crippen LogP contribution in [0.25, 0.3) is 16.3 Å². The van der Waals surface area contributed by atoms with Crippen LogP contribution in [0.1, 0.15) is 22.3 Å². The van der Waals surface area contributed by atoms with Gasteiger partial charge in [0.05, 0.1) is 16.3 Å². The van der Waals surface area contributed by atoms with Crippen LogP contribution >= 0.6 is 23.1 Å². The Kier molecular flexibility index (Phi) is 9.97. The maximum absolute atomic E-state index is 13.8. The van der Waals surface area contributed by atoms with Crippen LogP contribution in [0.3, 0.4) is 0 Å². The van der Waals surface area contributed by atoms with Gasteiger partial charge in [-0.15, -0.1) is 10.2 Å². The maximum atomic E-state index is 13.8. The number of carbonyl (C=O) groups excluding carboxylic acids is 2. The SMILES string of the molecule is CC(=O)Oc1ccccc1C(=O)C(/C=C/c1sc2ccccc2[n+]1C)=C/C=C1/Sc2ccccc2N1C.[O-][Cl+3]([O-])([O-])[O-]. The van der Waals surface area contributed by atoms with E-state index < -0.39 is 16.2 Å². The first-order valence-electron chi connectivity index (χ1n) is 12.3. The molecule has 0 atom stereocenters. The van der Waals surface area contributed by atoms with E-state index in [-0.39, 0.29) is 11.5 Å². The summed E-state index contributed by atoms with van der Waals surface area (Å²) in [6.07, 6.45) is 7.59. The highest BCUT2D eigenvalue weighted by molar-refractivity contribution is 8.03. The molecule has 42 heavy (non-hydrogen) atoms. The number of halogens is 1. The first-order chi connectivity index (χ1) is 19.9. The van der Waals surface area contributed by atoms with E-state index in [1.54, 1.807) is 47.4 Å². The minimum atomic E-state index is -4.94. The van der Waals surface area contributed by atoms with Crippen LogP contribution in [0, 0.1) is 10.2 Å². The summed E-state index contributed by atoms with van der Waals surface area (Å²) < 4.78 is 42.6. The number of esters is 1. The van der Waals surface area contributed by atoms with Gasteiger partial charge >= 0.3 is 5.97 Å². The number of nitrogens with zero attached hydrogens (tertiary/aromatic N) is 2. The van der Waals surface area contributed by atoms with Crippen LogP contribution in [0.2, 0.25) is 0 Å². The first kappa shape index (κ1) is 31.1. The molecule has 0 radical (unpaired) electrons. The fourth-order valence-electron chi connectivity index (χ4n) is 4.12. The van der Waals surface area contributed by atoms with E-state index in [0.717, 1.165) is 21.2 Å². The summed E-state index contributed by atoms with van der Waals surface area (Å²) in [6, 6.07) is 23.2. The number of hydrogen-bond donors (Lipinski definition) is 0. The number of anilines is 1. The summed E-state index contributed by atoms with van der Waals surface area (Å²) in [6.45, 7) is 1.33. The summed E-state index contributed by atoms with van der Waals surface area (Å²) >= 11 is 3.32. The van der Waals surface area contributed by atoms with Gasteiger partial charge in [-0.1, -0.05) is 59.5 Å². The van der Waals surface area contributed by atoms with E-state index in [0.29, 0.717) is 11.1 Å². The number of ether oxygens (including phenoxy) is 1. The van der Waals surface area contributed by atoms with Gasteiger partial charge in [-0.3, -0.25) is 9.59 Å². The van der Waals surface area contributed by atoms with Gasteiger partial charge in [0.1, 0.15) is 17.5 Å². The smallest absolute Gasteiger partial charge is 0.308 e. The Hall–Kier alpha value is -3.81. The van der Waals surface area contributed by atoms with E-state index in [9.17, 15) is 9.59 Å². The lowest BCUT2D eigenvalue weighted by Crippen LogP contribution is -2.68. The van der Waals surface area contributed by atoms with Crippen molar-refractivity contribution in [2.45, 2.75) is 11.8 Å². The number of para-hydroxylation sites is 3. The number of aromatic nitrogens is 1. The topological polar surface area (TPSA) is 143 Å². The van der Waals surface area contributed by atoms with Gasteiger partial charge in [-0.05, 0) is 48.6 Å². The molecule has 0 N–H and O–H groups in total. The summed E-state index contributed by atoms with van der Waals surface area (Å²) in [7, 11) is -0.911. The van der Waals surface area contributed by atoms with Crippen LogP contribution in [0.5, 0.6) is 5.75 Å². The van der Waals surface area contributed by atoms with Crippen molar-refractivity contribution >= 4 is 56.8 Å². The molecule has 1 aromatic heterocycles. The summed E-state index contributed by atoms with van der Waals surface area (Å²) in [5, 5.41) is 2.03. The van der Waals surface area contributed by atoms with Crippen molar-refractivity contribution in [3.8, 4) is 5.75 Å². The molecule has 0 fully saturated rings. The highest BCUT2D eigenvalue weighted by atomic mass is 35.7. The number of fused-ring (bicyclic) bond motifs is 2. The van der Waals surface area contributed by atoms with E-state index in [4.69, 9.17) is 23.4 Å². The molecule has 3 aromatic carbocycles. The van der Waals surface area contributed by atoms with E-state index >= 15 is 0 Å². The summed E-state index contributed by atoms with van der Waals surface area (Å²) in [4.78, 5) is 28.7. The number of ketones is 1. The zero-order valence-corrected chi connectivity index (χ0v) is 25.1. The number of thiazole rings is 1. The molecule has 0 spiro atoms. The van der Waals surface area contributed by atoms with Gasteiger partial charge in [-0.2, -0.15) is 4.57 Å². The molecule has 0 aliphatic carbocycles. The standard InChI is InChI=1S/C30H25N2O3S2.ClHO4/c1-20(33)35-25-13-7-4-10-22(25)30(34)21(16-18-28-31(2)23-11-5-8-14-26(23)36-28)17-19-29-32(3)24-12-6-9-15-27(24)37-29;2-1(3,4)5/h4-19H,1-3H3;(H,2,3,4,5)/q+1;/p-1. The highest BCUT2D eigenvalue weighted by Gasteiger charge is 2.22. The molecule has 1 aliphatic rings. The van der Waals surface area contributed by atoms with Crippen LogP contribution in [0.4, 0.5) is 5.69 Å². The second-order valence-corrected chi connectivity index (χ2v) is 11.7. The maximum Gasteiger partial charge on any atom is 0.308 e. The predicted octanol–water partition coefficient (Wildman–Crippen LogP) is 1.80. The summed E-state index contributed by atoms with van der Waals surface area (Å²) in [5.41, 5.74) is 3.08. The number of hydrogen-bond acceptors (Lipinski definition) is 10. The minimum Gasteiger partial charge on any atom is -0.426 e. The molecule has 0 saturated carbocycles. The third-order valence-electron chi connectivity index (χ3n) is 6.00. The van der Waals surface area contributed by atoms with Crippen molar-refractivity contribution in [1.29, 1.82) is 0 Å². The Bertz CT molecular complexity index is 1720. The van der Waals surface area contributed by atoms with Crippen LogP contribution in [-0.2, 0) is 11.8 Å². The highest BCUT2D eigenvalue weighted by Crippen LogP contribution is 2.44. The first-order valence-corrected chi connectivity index (χ1v) is 15.2. The van der Waals surface area contributed by atoms with Gasteiger partial charge in [-0.25, -0.2) is 18.6 Å². The Labute approximate surface area is 252 Å². The summed E-state index contributed by atoms with van der Waals surface area (Å²) in [5.74, 6) is -0.446. The average molecular weight is 625 g/mol. The van der Waals surface area contributed by atoms with Gasteiger partial charge < -0.3 is 9.64 Å². The number of thioether (sulfide) groups is 1. The van der Waals surface area contributed by atoms with Crippen LogP contribution < -0.4 is 32.8 Å². The minimum absolute atomic E-state index is 0.225. The molecular formula is C30H25ClN2O7S2. The second-order valence-electron chi connectivity index (χ2n) is 8.85. The second kappa shape index (κ2) is 13.4. The van der Waals surface area contributed by atoms with Crippen LogP contribution in [-0.4, -0.2) is 18.8 Å². The molecular weight excluding hydrogens is 600 g/mol. The fraction of sp³-hybridized carbons (Fsp3) is 0.100. The van der Waals surface area contributed by atoms with Crippen molar-refractivity contribution in [2.75, 3.05) is 11.9 Å². The quantitative estimate of drug-likeness (QED) is 0.0783. The molecule has 1 aliphatic heterocycles. The molecule has 0 bridgehead atoms. The Morgan fingerprint density at radius 2 is 1.60 bits per heavy atom. The van der Waals surface area contributed by atoms with Gasteiger partial charge in [0.15, 0.2) is 5.78 Å². The average Bonchev–Trinajstić information content (AvgIpc) is 3.43. The normalized spacial score (nSPS) is 14.2. The third kappa shape index (κ3) is 7.93. The van der Waals surface area contributed by atoms with E-state index in [2.05, 4.69) is 33.7 Å². The molecule has 5 rings (SSSR count). The largest absolute Gasteiger partial charge is 0.426 e. The van der Waals surface area contributed by atoms with E-state index in [1.165, 1.54) is 16.5 Å². The number of rotatable bonds is 6. The molecule has 2 heterocycles. The molecule has 4 aromatic rings. The van der Waals surface area contributed by atoms with Crippen molar-refractivity contribution < 1.29 is 47.8 Å². The van der Waals surface area contributed by atoms with E-state index in [1.807, 2.05) is 62.7 Å². The number of carbonyl (C=O) groups is 2. The van der Waals surface area contributed by atoms with Crippen molar-refractivity contribution in [3.63, 3.8) is 0 Å².